The highest BCUT2D eigenvalue weighted by molar-refractivity contribution is 5.96. The molecule has 0 aliphatic heterocycles. The fourth-order valence-corrected chi connectivity index (χ4v) is 3.10. The number of esters is 1. The second kappa shape index (κ2) is 6.60. The summed E-state index contributed by atoms with van der Waals surface area (Å²) < 4.78 is 10.8. The van der Waals surface area contributed by atoms with E-state index in [1.807, 2.05) is 30.3 Å². The fourth-order valence-electron chi connectivity index (χ4n) is 3.10. The zero-order valence-corrected chi connectivity index (χ0v) is 14.2. The molecule has 0 amide bonds. The number of ether oxygens (including phenoxy) is 2. The van der Waals surface area contributed by atoms with Gasteiger partial charge in [0.05, 0.1) is 18.8 Å². The molecular weight excluding hydrogens is 312 g/mol. The van der Waals surface area contributed by atoms with Crippen LogP contribution in [0.4, 0.5) is 0 Å². The van der Waals surface area contributed by atoms with Gasteiger partial charge in [-0.15, -0.1) is 0 Å². The summed E-state index contributed by atoms with van der Waals surface area (Å²) >= 11 is 0. The Hall–Kier alpha value is -2.81. The first-order valence-corrected chi connectivity index (χ1v) is 8.62. The highest BCUT2D eigenvalue weighted by Gasteiger charge is 2.19. The molecule has 0 N–H and O–H groups in total. The number of carbonyl (C=O) groups excluding carboxylic acids is 1. The van der Waals surface area contributed by atoms with E-state index in [9.17, 15) is 4.79 Å². The Morgan fingerprint density at radius 1 is 0.920 bits per heavy atom. The molecule has 0 unspecified atom stereocenters. The average Bonchev–Trinajstić information content (AvgIpc) is 2.63. The van der Waals surface area contributed by atoms with Gasteiger partial charge in [0.25, 0.3) is 0 Å². The molecular formula is C22H20O3. The van der Waals surface area contributed by atoms with Gasteiger partial charge in [0, 0.05) is 0 Å². The van der Waals surface area contributed by atoms with Crippen molar-refractivity contribution >= 4 is 16.7 Å². The SMILES string of the molecule is COC(=O)c1ccc2cc(-c3cccc(OC4CCC4)c3)ccc2c1. The van der Waals surface area contributed by atoms with E-state index in [0.717, 1.165) is 40.5 Å². The summed E-state index contributed by atoms with van der Waals surface area (Å²) in [6.45, 7) is 0. The van der Waals surface area contributed by atoms with Gasteiger partial charge in [0.1, 0.15) is 5.75 Å². The Balaban J connectivity index is 1.64. The van der Waals surface area contributed by atoms with Crippen molar-refractivity contribution < 1.29 is 14.3 Å². The van der Waals surface area contributed by atoms with Crippen LogP contribution in [0.2, 0.25) is 0 Å². The van der Waals surface area contributed by atoms with E-state index in [0.29, 0.717) is 11.7 Å². The second-order valence-electron chi connectivity index (χ2n) is 6.47. The van der Waals surface area contributed by atoms with Crippen LogP contribution in [0.15, 0.2) is 60.7 Å². The zero-order valence-electron chi connectivity index (χ0n) is 14.2. The third kappa shape index (κ3) is 3.22. The topological polar surface area (TPSA) is 35.5 Å². The predicted molar refractivity (Wildman–Crippen MR) is 99.0 cm³/mol. The molecule has 1 aliphatic carbocycles. The van der Waals surface area contributed by atoms with Crippen molar-refractivity contribution in [1.82, 2.24) is 0 Å². The van der Waals surface area contributed by atoms with E-state index >= 15 is 0 Å². The zero-order chi connectivity index (χ0) is 17.2. The maximum Gasteiger partial charge on any atom is 0.337 e. The Bertz CT molecular complexity index is 925. The molecule has 126 valence electrons. The van der Waals surface area contributed by atoms with Gasteiger partial charge in [-0.25, -0.2) is 4.79 Å². The monoisotopic (exact) mass is 332 g/mol. The molecule has 0 atom stereocenters. The lowest BCUT2D eigenvalue weighted by Crippen LogP contribution is -2.24. The minimum atomic E-state index is -0.313. The minimum Gasteiger partial charge on any atom is -0.490 e. The van der Waals surface area contributed by atoms with Crippen LogP contribution in [-0.4, -0.2) is 19.2 Å². The van der Waals surface area contributed by atoms with Crippen LogP contribution in [0.25, 0.3) is 21.9 Å². The molecule has 3 aromatic carbocycles. The molecule has 4 rings (SSSR count). The maximum atomic E-state index is 11.7. The number of carbonyl (C=O) groups is 1. The highest BCUT2D eigenvalue weighted by atomic mass is 16.5. The molecule has 0 aromatic heterocycles. The van der Waals surface area contributed by atoms with Crippen molar-refractivity contribution in [3.8, 4) is 16.9 Å². The Morgan fingerprint density at radius 3 is 2.44 bits per heavy atom. The maximum absolute atomic E-state index is 11.7. The first-order valence-electron chi connectivity index (χ1n) is 8.62. The van der Waals surface area contributed by atoms with Crippen LogP contribution in [0.3, 0.4) is 0 Å². The van der Waals surface area contributed by atoms with Crippen LogP contribution in [0, 0.1) is 0 Å². The number of hydrogen-bond acceptors (Lipinski definition) is 3. The summed E-state index contributed by atoms with van der Waals surface area (Å²) in [5, 5.41) is 2.11. The van der Waals surface area contributed by atoms with Crippen LogP contribution < -0.4 is 4.74 Å². The van der Waals surface area contributed by atoms with Gasteiger partial charge in [-0.2, -0.15) is 0 Å². The fraction of sp³-hybridized carbons (Fsp3) is 0.227. The summed E-state index contributed by atoms with van der Waals surface area (Å²) in [7, 11) is 1.40. The summed E-state index contributed by atoms with van der Waals surface area (Å²) in [6.07, 6.45) is 3.96. The number of rotatable bonds is 4. The predicted octanol–water partition coefficient (Wildman–Crippen LogP) is 5.22. The molecule has 3 heteroatoms. The van der Waals surface area contributed by atoms with Crippen molar-refractivity contribution in [3.63, 3.8) is 0 Å². The number of hydrogen-bond donors (Lipinski definition) is 0. The van der Waals surface area contributed by atoms with Gasteiger partial charge in [-0.05, 0) is 71.5 Å². The number of fused-ring (bicyclic) bond motifs is 1. The van der Waals surface area contributed by atoms with Crippen LogP contribution in [-0.2, 0) is 4.74 Å². The van der Waals surface area contributed by atoms with Crippen molar-refractivity contribution in [2.75, 3.05) is 7.11 Å². The molecule has 0 heterocycles. The van der Waals surface area contributed by atoms with Crippen molar-refractivity contribution in [2.45, 2.75) is 25.4 Å². The molecule has 1 aliphatic rings. The normalized spacial score (nSPS) is 14.1. The van der Waals surface area contributed by atoms with Crippen molar-refractivity contribution in [1.29, 1.82) is 0 Å². The number of benzene rings is 3. The molecule has 0 saturated heterocycles. The second-order valence-corrected chi connectivity index (χ2v) is 6.47. The lowest BCUT2D eigenvalue weighted by atomic mass is 9.96. The third-order valence-corrected chi connectivity index (χ3v) is 4.78. The van der Waals surface area contributed by atoms with E-state index in [4.69, 9.17) is 9.47 Å². The molecule has 3 nitrogen and oxygen atoms in total. The quantitative estimate of drug-likeness (QED) is 0.614. The van der Waals surface area contributed by atoms with Crippen molar-refractivity contribution in [2.24, 2.45) is 0 Å². The molecule has 25 heavy (non-hydrogen) atoms. The standard InChI is InChI=1S/C22H20O3/c1-24-22(23)19-11-10-17-12-16(8-9-18(17)13-19)15-4-2-7-21(14-15)25-20-5-3-6-20/h2,4,7-14,20H,3,5-6H2,1H3. The lowest BCUT2D eigenvalue weighted by Gasteiger charge is -2.26. The summed E-state index contributed by atoms with van der Waals surface area (Å²) in [4.78, 5) is 11.7. The molecule has 0 radical (unpaired) electrons. The summed E-state index contributed by atoms with van der Waals surface area (Å²) in [5.74, 6) is 0.621. The van der Waals surface area contributed by atoms with E-state index in [1.54, 1.807) is 6.07 Å². The Labute approximate surface area is 147 Å². The van der Waals surface area contributed by atoms with Crippen molar-refractivity contribution in [3.05, 3.63) is 66.2 Å². The first kappa shape index (κ1) is 15.7. The van der Waals surface area contributed by atoms with E-state index < -0.39 is 0 Å². The molecule has 1 saturated carbocycles. The smallest absolute Gasteiger partial charge is 0.337 e. The Morgan fingerprint density at radius 2 is 1.68 bits per heavy atom. The first-order chi connectivity index (χ1) is 12.2. The molecule has 0 spiro atoms. The highest BCUT2D eigenvalue weighted by Crippen LogP contribution is 2.30. The largest absolute Gasteiger partial charge is 0.490 e. The van der Waals surface area contributed by atoms with E-state index in [-0.39, 0.29) is 5.97 Å². The van der Waals surface area contributed by atoms with Gasteiger partial charge in [0.2, 0.25) is 0 Å². The lowest BCUT2D eigenvalue weighted by molar-refractivity contribution is 0.0601. The van der Waals surface area contributed by atoms with Gasteiger partial charge >= 0.3 is 5.97 Å². The van der Waals surface area contributed by atoms with Crippen LogP contribution >= 0.6 is 0 Å². The summed E-state index contributed by atoms with van der Waals surface area (Å²) in [6, 6.07) is 20.1. The van der Waals surface area contributed by atoms with E-state index in [1.165, 1.54) is 13.5 Å². The Kier molecular flexibility index (Phi) is 4.14. The van der Waals surface area contributed by atoms with Gasteiger partial charge in [-0.3, -0.25) is 0 Å². The van der Waals surface area contributed by atoms with Gasteiger partial charge < -0.3 is 9.47 Å². The molecule has 3 aromatic rings. The third-order valence-electron chi connectivity index (χ3n) is 4.78. The van der Waals surface area contributed by atoms with E-state index in [2.05, 4.69) is 24.3 Å². The van der Waals surface area contributed by atoms with Crippen LogP contribution in [0.1, 0.15) is 29.6 Å². The molecule has 1 fully saturated rings. The average molecular weight is 332 g/mol. The van der Waals surface area contributed by atoms with Crippen LogP contribution in [0.5, 0.6) is 5.75 Å². The summed E-state index contributed by atoms with van der Waals surface area (Å²) in [5.41, 5.74) is 2.84. The minimum absolute atomic E-state index is 0.313. The number of methoxy groups -OCH3 is 1. The van der Waals surface area contributed by atoms with Gasteiger partial charge in [0.15, 0.2) is 0 Å². The van der Waals surface area contributed by atoms with Gasteiger partial charge in [-0.1, -0.05) is 30.3 Å². The molecule has 0 bridgehead atoms.